The number of hydrogen-bond acceptors (Lipinski definition) is 6. The first kappa shape index (κ1) is 16.3. The number of aromatic nitrogens is 3. The summed E-state index contributed by atoms with van der Waals surface area (Å²) >= 11 is 0. The molecule has 0 saturated carbocycles. The molecule has 0 spiro atoms. The molecule has 1 fully saturated rings. The van der Waals surface area contributed by atoms with Crippen LogP contribution in [-0.2, 0) is 21.3 Å². The van der Waals surface area contributed by atoms with Gasteiger partial charge in [-0.05, 0) is 31.0 Å². The van der Waals surface area contributed by atoms with Gasteiger partial charge in [0.25, 0.3) is 10.1 Å². The SMILES string of the molecule is Cn1c2ccncc2c2ccc(N3CCC[C@@H](OS(C)(=O)=O)C3)nc21. The molecule has 7 nitrogen and oxygen atoms in total. The summed E-state index contributed by atoms with van der Waals surface area (Å²) in [5.74, 6) is 0.841. The van der Waals surface area contributed by atoms with Crippen molar-refractivity contribution in [3.8, 4) is 0 Å². The Morgan fingerprint density at radius 2 is 2.08 bits per heavy atom. The summed E-state index contributed by atoms with van der Waals surface area (Å²) in [4.78, 5) is 11.1. The Bertz CT molecular complexity index is 1040. The van der Waals surface area contributed by atoms with E-state index in [2.05, 4.69) is 20.5 Å². The predicted octanol–water partition coefficient (Wildman–Crippen LogP) is 2.07. The second kappa shape index (κ2) is 5.96. The van der Waals surface area contributed by atoms with E-state index < -0.39 is 10.1 Å². The lowest BCUT2D eigenvalue weighted by molar-refractivity contribution is 0.188. The molecule has 1 atom stereocenters. The van der Waals surface area contributed by atoms with Crippen molar-refractivity contribution in [1.29, 1.82) is 0 Å². The van der Waals surface area contributed by atoms with Crippen molar-refractivity contribution >= 4 is 37.9 Å². The van der Waals surface area contributed by atoms with Gasteiger partial charge in [-0.2, -0.15) is 8.42 Å². The van der Waals surface area contributed by atoms with Gasteiger partial charge in [0.15, 0.2) is 0 Å². The summed E-state index contributed by atoms with van der Waals surface area (Å²) < 4.78 is 30.0. The van der Waals surface area contributed by atoms with Crippen LogP contribution in [0.15, 0.2) is 30.6 Å². The zero-order valence-corrected chi connectivity index (χ0v) is 15.0. The van der Waals surface area contributed by atoms with Gasteiger partial charge in [-0.15, -0.1) is 0 Å². The van der Waals surface area contributed by atoms with Gasteiger partial charge in [-0.3, -0.25) is 9.17 Å². The quantitative estimate of drug-likeness (QED) is 0.666. The molecular formula is C17H20N4O3S. The van der Waals surface area contributed by atoms with Gasteiger partial charge in [0.1, 0.15) is 11.5 Å². The van der Waals surface area contributed by atoms with Crippen molar-refractivity contribution < 1.29 is 12.6 Å². The van der Waals surface area contributed by atoms with Crippen LogP contribution in [0, 0.1) is 0 Å². The van der Waals surface area contributed by atoms with Crippen LogP contribution in [0.3, 0.4) is 0 Å². The van der Waals surface area contributed by atoms with Crippen LogP contribution in [0.5, 0.6) is 0 Å². The van der Waals surface area contributed by atoms with Crippen LogP contribution >= 0.6 is 0 Å². The minimum Gasteiger partial charge on any atom is -0.354 e. The van der Waals surface area contributed by atoms with Crippen LogP contribution in [-0.4, -0.2) is 48.4 Å². The summed E-state index contributed by atoms with van der Waals surface area (Å²) in [7, 11) is -1.45. The fourth-order valence-corrected chi connectivity index (χ4v) is 4.21. The average Bonchev–Trinajstić information content (AvgIpc) is 2.86. The highest BCUT2D eigenvalue weighted by Gasteiger charge is 2.25. The average molecular weight is 360 g/mol. The Morgan fingerprint density at radius 1 is 1.24 bits per heavy atom. The third-order valence-electron chi connectivity index (χ3n) is 4.64. The molecule has 0 bridgehead atoms. The maximum Gasteiger partial charge on any atom is 0.264 e. The van der Waals surface area contributed by atoms with E-state index in [9.17, 15) is 8.42 Å². The summed E-state index contributed by atoms with van der Waals surface area (Å²) in [5, 5.41) is 2.14. The number of pyridine rings is 2. The highest BCUT2D eigenvalue weighted by Crippen LogP contribution is 2.29. The number of piperidine rings is 1. The molecule has 0 radical (unpaired) electrons. The van der Waals surface area contributed by atoms with E-state index in [1.165, 1.54) is 0 Å². The second-order valence-corrected chi connectivity index (χ2v) is 8.10. The first-order valence-electron chi connectivity index (χ1n) is 8.25. The first-order valence-corrected chi connectivity index (χ1v) is 10.1. The van der Waals surface area contributed by atoms with Gasteiger partial charge in [0.05, 0.1) is 17.9 Å². The van der Waals surface area contributed by atoms with E-state index in [0.717, 1.165) is 53.4 Å². The fraction of sp³-hybridized carbons (Fsp3) is 0.412. The smallest absolute Gasteiger partial charge is 0.264 e. The predicted molar refractivity (Wildman–Crippen MR) is 97.2 cm³/mol. The Labute approximate surface area is 146 Å². The van der Waals surface area contributed by atoms with Crippen LogP contribution in [0.1, 0.15) is 12.8 Å². The van der Waals surface area contributed by atoms with Crippen LogP contribution in [0.2, 0.25) is 0 Å². The number of fused-ring (bicyclic) bond motifs is 3. The lowest BCUT2D eigenvalue weighted by Crippen LogP contribution is -2.40. The molecule has 3 aromatic rings. The number of aryl methyl sites for hydroxylation is 1. The molecule has 1 aliphatic heterocycles. The minimum absolute atomic E-state index is 0.321. The maximum atomic E-state index is 11.4. The van der Waals surface area contributed by atoms with Crippen molar-refractivity contribution in [2.45, 2.75) is 18.9 Å². The number of anilines is 1. The molecule has 0 amide bonds. The van der Waals surface area contributed by atoms with Crippen molar-refractivity contribution in [1.82, 2.24) is 14.5 Å². The van der Waals surface area contributed by atoms with Crippen molar-refractivity contribution in [3.05, 3.63) is 30.6 Å². The van der Waals surface area contributed by atoms with E-state index >= 15 is 0 Å². The summed E-state index contributed by atoms with van der Waals surface area (Å²) in [6.07, 6.45) is 6.03. The molecular weight excluding hydrogens is 340 g/mol. The fourth-order valence-electron chi connectivity index (χ4n) is 3.55. The van der Waals surface area contributed by atoms with Gasteiger partial charge in [-0.1, -0.05) is 0 Å². The number of nitrogens with zero attached hydrogens (tertiary/aromatic N) is 4. The number of rotatable bonds is 3. The Morgan fingerprint density at radius 3 is 2.88 bits per heavy atom. The van der Waals surface area contributed by atoms with Crippen LogP contribution < -0.4 is 4.90 Å². The highest BCUT2D eigenvalue weighted by molar-refractivity contribution is 7.86. The molecule has 8 heteroatoms. The van der Waals surface area contributed by atoms with E-state index in [1.807, 2.05) is 25.4 Å². The van der Waals surface area contributed by atoms with Gasteiger partial charge in [-0.25, -0.2) is 4.98 Å². The lowest BCUT2D eigenvalue weighted by atomic mass is 10.1. The van der Waals surface area contributed by atoms with E-state index in [4.69, 9.17) is 9.17 Å². The molecule has 0 unspecified atom stereocenters. The summed E-state index contributed by atoms with van der Waals surface area (Å²) in [5.41, 5.74) is 1.98. The van der Waals surface area contributed by atoms with Crippen molar-refractivity contribution in [2.24, 2.45) is 7.05 Å². The van der Waals surface area contributed by atoms with Gasteiger partial charge >= 0.3 is 0 Å². The standard InChI is InChI=1S/C17H20N4O3S/c1-20-15-7-8-18-10-14(15)13-5-6-16(19-17(13)20)21-9-3-4-12(11-21)24-25(2,22)23/h5-8,10,12H,3-4,9,11H2,1-2H3/t12-/m1/s1. The molecule has 4 heterocycles. The topological polar surface area (TPSA) is 77.3 Å². The summed E-state index contributed by atoms with van der Waals surface area (Å²) in [6.45, 7) is 1.37. The Kier molecular flexibility index (Phi) is 3.88. The Hall–Kier alpha value is -2.19. The monoisotopic (exact) mass is 360 g/mol. The van der Waals surface area contributed by atoms with E-state index in [-0.39, 0.29) is 6.10 Å². The van der Waals surface area contributed by atoms with E-state index in [1.54, 1.807) is 6.20 Å². The molecule has 1 saturated heterocycles. The zero-order chi connectivity index (χ0) is 17.6. The normalized spacial score (nSPS) is 19.0. The van der Waals surface area contributed by atoms with Crippen LogP contribution in [0.4, 0.5) is 5.82 Å². The van der Waals surface area contributed by atoms with E-state index in [0.29, 0.717) is 6.54 Å². The molecule has 0 N–H and O–H groups in total. The molecule has 0 aliphatic carbocycles. The molecule has 1 aliphatic rings. The first-order chi connectivity index (χ1) is 11.9. The van der Waals surface area contributed by atoms with Crippen molar-refractivity contribution in [2.75, 3.05) is 24.2 Å². The third kappa shape index (κ3) is 3.07. The highest BCUT2D eigenvalue weighted by atomic mass is 32.2. The third-order valence-corrected chi connectivity index (χ3v) is 5.26. The van der Waals surface area contributed by atoms with Gasteiger partial charge in [0, 0.05) is 43.3 Å². The zero-order valence-electron chi connectivity index (χ0n) is 14.2. The maximum absolute atomic E-state index is 11.4. The molecule has 4 rings (SSSR count). The second-order valence-electron chi connectivity index (χ2n) is 6.50. The number of hydrogen-bond donors (Lipinski definition) is 0. The van der Waals surface area contributed by atoms with Crippen molar-refractivity contribution in [3.63, 3.8) is 0 Å². The molecule has 132 valence electrons. The Balaban J connectivity index is 1.69. The summed E-state index contributed by atoms with van der Waals surface area (Å²) in [6, 6.07) is 6.02. The molecule has 3 aromatic heterocycles. The van der Waals surface area contributed by atoms with Crippen LogP contribution in [0.25, 0.3) is 21.9 Å². The minimum atomic E-state index is -3.45. The van der Waals surface area contributed by atoms with Gasteiger partial charge < -0.3 is 9.47 Å². The largest absolute Gasteiger partial charge is 0.354 e. The molecule has 25 heavy (non-hydrogen) atoms. The lowest BCUT2D eigenvalue weighted by Gasteiger charge is -2.32. The van der Waals surface area contributed by atoms with Gasteiger partial charge in [0.2, 0.25) is 0 Å². The molecule has 0 aromatic carbocycles.